The molecule has 0 unspecified atom stereocenters. The Morgan fingerprint density at radius 2 is 1.51 bits per heavy atom. The second-order valence-electron chi connectivity index (χ2n) is 10.9. The second-order valence-corrected chi connectivity index (χ2v) is 12.8. The first kappa shape index (κ1) is 30.3. The van der Waals surface area contributed by atoms with Crippen LogP contribution >= 0.6 is 0 Å². The van der Waals surface area contributed by atoms with E-state index < -0.39 is 28.5 Å². The van der Waals surface area contributed by atoms with Crippen molar-refractivity contribution < 1.29 is 18.0 Å². The number of nitrogens with one attached hydrogen (secondary N) is 1. The van der Waals surface area contributed by atoms with Crippen molar-refractivity contribution in [3.8, 4) is 0 Å². The minimum Gasteiger partial charge on any atom is -0.352 e. The fourth-order valence-electron chi connectivity index (χ4n) is 5.27. The number of rotatable bonds is 11. The number of carbonyl (C=O) groups is 2. The highest BCUT2D eigenvalue weighted by Gasteiger charge is 2.33. The van der Waals surface area contributed by atoms with E-state index in [0.29, 0.717) is 12.1 Å². The molecule has 3 aromatic rings. The lowest BCUT2D eigenvalue weighted by molar-refractivity contribution is -0.139. The van der Waals surface area contributed by atoms with E-state index in [-0.39, 0.29) is 23.4 Å². The first-order valence-corrected chi connectivity index (χ1v) is 15.9. The Balaban J connectivity index is 1.64. The van der Waals surface area contributed by atoms with Crippen molar-refractivity contribution in [1.29, 1.82) is 0 Å². The number of hydrogen-bond donors (Lipinski definition) is 1. The number of anilines is 1. The highest BCUT2D eigenvalue weighted by molar-refractivity contribution is 7.92. The Hall–Kier alpha value is -3.65. The van der Waals surface area contributed by atoms with Crippen molar-refractivity contribution in [3.63, 3.8) is 0 Å². The summed E-state index contributed by atoms with van der Waals surface area (Å²) in [5.41, 5.74) is 3.39. The first-order valence-electron chi connectivity index (χ1n) is 14.5. The van der Waals surface area contributed by atoms with Crippen LogP contribution in [0.3, 0.4) is 0 Å². The van der Waals surface area contributed by atoms with Crippen molar-refractivity contribution >= 4 is 27.5 Å². The Kier molecular flexibility index (Phi) is 10.2. The zero-order valence-electron chi connectivity index (χ0n) is 24.3. The molecule has 218 valence electrons. The smallest absolute Gasteiger partial charge is 0.264 e. The normalized spacial score (nSPS) is 14.7. The fraction of sp³-hybridized carbons (Fsp3) is 0.394. The van der Waals surface area contributed by atoms with Gasteiger partial charge in [-0.3, -0.25) is 13.9 Å². The highest BCUT2D eigenvalue weighted by Crippen LogP contribution is 2.26. The maximum Gasteiger partial charge on any atom is 0.264 e. The van der Waals surface area contributed by atoms with Crippen molar-refractivity contribution in [2.45, 2.75) is 76.3 Å². The van der Waals surface area contributed by atoms with Crippen LogP contribution in [-0.2, 0) is 26.0 Å². The van der Waals surface area contributed by atoms with Crippen molar-refractivity contribution in [3.05, 3.63) is 95.6 Å². The summed E-state index contributed by atoms with van der Waals surface area (Å²) >= 11 is 0. The number of carbonyl (C=O) groups excluding carboxylic acids is 2. The average Bonchev–Trinajstić information content (AvgIpc) is 2.98. The summed E-state index contributed by atoms with van der Waals surface area (Å²) in [6.45, 7) is 5.47. The standard InChI is InChI=1S/C33H41N3O4S/c1-25-19-20-30(23-26(25)2)36(41(39,40)31-17-11-6-12-18-31)24-32(37)35(22-21-28-13-7-4-8-14-28)27(3)33(38)34-29-15-9-5-10-16-29/h4,6-8,11-14,17-20,23,27,29H,5,9-10,15-16,21-22,24H2,1-3H3,(H,34,38)/t27-/m0/s1. The van der Waals surface area contributed by atoms with E-state index in [1.54, 1.807) is 37.3 Å². The third kappa shape index (κ3) is 7.76. The van der Waals surface area contributed by atoms with E-state index in [1.165, 1.54) is 27.8 Å². The molecule has 0 saturated heterocycles. The van der Waals surface area contributed by atoms with Gasteiger partial charge in [0, 0.05) is 12.6 Å². The number of aryl methyl sites for hydroxylation is 2. The summed E-state index contributed by atoms with van der Waals surface area (Å²) in [5.74, 6) is -0.632. The van der Waals surface area contributed by atoms with Crippen molar-refractivity contribution in [2.75, 3.05) is 17.4 Å². The van der Waals surface area contributed by atoms with Crippen LogP contribution < -0.4 is 9.62 Å². The molecule has 1 aliphatic rings. The summed E-state index contributed by atoms with van der Waals surface area (Å²) in [6, 6.07) is 22.6. The largest absolute Gasteiger partial charge is 0.352 e. The van der Waals surface area contributed by atoms with Gasteiger partial charge in [0.15, 0.2) is 0 Å². The monoisotopic (exact) mass is 575 g/mol. The number of hydrogen-bond acceptors (Lipinski definition) is 4. The summed E-state index contributed by atoms with van der Waals surface area (Å²) in [6.07, 6.45) is 5.76. The van der Waals surface area contributed by atoms with Crippen LogP contribution in [0.2, 0.25) is 0 Å². The van der Waals surface area contributed by atoms with E-state index in [2.05, 4.69) is 5.32 Å². The number of benzene rings is 3. The molecule has 0 spiro atoms. The van der Waals surface area contributed by atoms with Gasteiger partial charge in [-0.2, -0.15) is 0 Å². The van der Waals surface area contributed by atoms with Crippen molar-refractivity contribution in [1.82, 2.24) is 10.2 Å². The molecule has 0 bridgehead atoms. The maximum atomic E-state index is 14.1. The molecule has 3 aromatic carbocycles. The lowest BCUT2D eigenvalue weighted by Gasteiger charge is -2.33. The SMILES string of the molecule is Cc1ccc(N(CC(=O)N(CCc2ccccc2)[C@@H](C)C(=O)NC2CCCCC2)S(=O)(=O)c2ccccc2)cc1C. The number of amides is 2. The van der Waals surface area contributed by atoms with E-state index in [0.717, 1.165) is 42.4 Å². The van der Waals surface area contributed by atoms with Gasteiger partial charge in [0.25, 0.3) is 10.0 Å². The summed E-state index contributed by atoms with van der Waals surface area (Å²) in [4.78, 5) is 29.1. The Bertz CT molecular complexity index is 1420. The van der Waals surface area contributed by atoms with Gasteiger partial charge < -0.3 is 10.2 Å². The molecular weight excluding hydrogens is 534 g/mol. The van der Waals surface area contributed by atoms with Gasteiger partial charge in [-0.1, -0.05) is 73.9 Å². The molecule has 8 heteroatoms. The molecule has 7 nitrogen and oxygen atoms in total. The van der Waals surface area contributed by atoms with Gasteiger partial charge in [0.1, 0.15) is 12.6 Å². The molecule has 0 aromatic heterocycles. The average molecular weight is 576 g/mol. The van der Waals surface area contributed by atoms with Gasteiger partial charge in [-0.25, -0.2) is 8.42 Å². The molecule has 1 saturated carbocycles. The van der Waals surface area contributed by atoms with Crippen LogP contribution in [0.1, 0.15) is 55.7 Å². The van der Waals surface area contributed by atoms with E-state index in [4.69, 9.17) is 0 Å². The lowest BCUT2D eigenvalue weighted by atomic mass is 9.95. The Morgan fingerprint density at radius 3 is 2.15 bits per heavy atom. The van der Waals surface area contributed by atoms with E-state index in [1.807, 2.05) is 50.2 Å². The van der Waals surface area contributed by atoms with Gasteiger partial charge in [0.2, 0.25) is 11.8 Å². The van der Waals surface area contributed by atoms with Crippen LogP contribution in [0.4, 0.5) is 5.69 Å². The third-order valence-electron chi connectivity index (χ3n) is 7.99. The third-order valence-corrected chi connectivity index (χ3v) is 9.78. The molecule has 41 heavy (non-hydrogen) atoms. The molecule has 1 aliphatic carbocycles. The molecular formula is C33H41N3O4S. The summed E-state index contributed by atoms with van der Waals surface area (Å²) in [5, 5.41) is 3.14. The predicted octanol–water partition coefficient (Wildman–Crippen LogP) is 5.41. The van der Waals surface area contributed by atoms with Crippen molar-refractivity contribution in [2.24, 2.45) is 0 Å². The quantitative estimate of drug-likeness (QED) is 0.331. The minimum atomic E-state index is -4.06. The van der Waals surface area contributed by atoms with Crippen LogP contribution in [0.5, 0.6) is 0 Å². The zero-order chi connectivity index (χ0) is 29.4. The molecule has 1 atom stereocenters. The van der Waals surface area contributed by atoms with E-state index >= 15 is 0 Å². The van der Waals surface area contributed by atoms with Gasteiger partial charge in [0.05, 0.1) is 10.6 Å². The molecule has 4 rings (SSSR count). The lowest BCUT2D eigenvalue weighted by Crippen LogP contribution is -2.53. The molecule has 0 radical (unpaired) electrons. The molecule has 1 fully saturated rings. The maximum absolute atomic E-state index is 14.1. The van der Waals surface area contributed by atoms with Gasteiger partial charge in [-0.15, -0.1) is 0 Å². The topological polar surface area (TPSA) is 86.8 Å². The second kappa shape index (κ2) is 13.8. The Labute approximate surface area is 244 Å². The highest BCUT2D eigenvalue weighted by atomic mass is 32.2. The summed E-state index contributed by atoms with van der Waals surface area (Å²) in [7, 11) is -4.06. The minimum absolute atomic E-state index is 0.102. The first-order chi connectivity index (χ1) is 19.7. The van der Waals surface area contributed by atoms with Gasteiger partial charge >= 0.3 is 0 Å². The van der Waals surface area contributed by atoms with Crippen LogP contribution in [0.25, 0.3) is 0 Å². The summed E-state index contributed by atoms with van der Waals surface area (Å²) < 4.78 is 29.0. The van der Waals surface area contributed by atoms with Crippen LogP contribution in [-0.4, -0.2) is 50.3 Å². The Morgan fingerprint density at radius 1 is 0.878 bits per heavy atom. The molecule has 1 N–H and O–H groups in total. The molecule has 0 aliphatic heterocycles. The van der Waals surface area contributed by atoms with Crippen LogP contribution in [0.15, 0.2) is 83.8 Å². The van der Waals surface area contributed by atoms with Crippen LogP contribution in [0, 0.1) is 13.8 Å². The number of sulfonamides is 1. The number of nitrogens with zero attached hydrogens (tertiary/aromatic N) is 2. The molecule has 0 heterocycles. The fourth-order valence-corrected chi connectivity index (χ4v) is 6.70. The predicted molar refractivity (Wildman–Crippen MR) is 163 cm³/mol. The zero-order valence-corrected chi connectivity index (χ0v) is 25.1. The molecule has 2 amide bonds. The van der Waals surface area contributed by atoms with E-state index in [9.17, 15) is 18.0 Å². The van der Waals surface area contributed by atoms with Gasteiger partial charge in [-0.05, 0) is 81.0 Å².